The summed E-state index contributed by atoms with van der Waals surface area (Å²) in [6, 6.07) is 24.5. The standard InChI is InChI=1S/C26H23NO4/c1-18(25(28)29)27(16-15-19-9-3-2-4-10-19)26(30)31-17-24-22-13-7-5-11-20(22)21-12-6-8-14-23(21)24/h2-16,18,24H,17H2,1H3,(H,28,29)/b16-15+/t18-/m1/s1. The van der Waals surface area contributed by atoms with Crippen molar-refractivity contribution < 1.29 is 19.4 Å². The van der Waals surface area contributed by atoms with Crippen LogP contribution < -0.4 is 0 Å². The maximum Gasteiger partial charge on any atom is 0.414 e. The summed E-state index contributed by atoms with van der Waals surface area (Å²) >= 11 is 0. The van der Waals surface area contributed by atoms with Crippen LogP contribution in [0.3, 0.4) is 0 Å². The van der Waals surface area contributed by atoms with Gasteiger partial charge in [-0.05, 0) is 40.8 Å². The van der Waals surface area contributed by atoms with Crippen LogP contribution in [0.1, 0.15) is 29.5 Å². The number of hydrogen-bond donors (Lipinski definition) is 1. The number of ether oxygens (including phenoxy) is 1. The monoisotopic (exact) mass is 413 g/mol. The number of fused-ring (bicyclic) bond motifs is 3. The average Bonchev–Trinajstić information content (AvgIpc) is 3.12. The second-order valence-electron chi connectivity index (χ2n) is 7.45. The molecule has 3 aromatic rings. The van der Waals surface area contributed by atoms with E-state index < -0.39 is 18.1 Å². The lowest BCUT2D eigenvalue weighted by molar-refractivity contribution is -0.141. The lowest BCUT2D eigenvalue weighted by Gasteiger charge is -2.23. The van der Waals surface area contributed by atoms with E-state index in [4.69, 9.17) is 4.74 Å². The maximum absolute atomic E-state index is 12.9. The zero-order valence-electron chi connectivity index (χ0n) is 17.1. The molecular weight excluding hydrogens is 390 g/mol. The Hall–Kier alpha value is -3.86. The molecule has 0 unspecified atom stereocenters. The molecule has 4 rings (SSSR count). The molecule has 5 nitrogen and oxygen atoms in total. The van der Waals surface area contributed by atoms with E-state index in [1.54, 1.807) is 6.08 Å². The lowest BCUT2D eigenvalue weighted by Crippen LogP contribution is -2.40. The fourth-order valence-electron chi connectivity index (χ4n) is 3.87. The Morgan fingerprint density at radius 2 is 1.48 bits per heavy atom. The van der Waals surface area contributed by atoms with Crippen LogP contribution in [-0.4, -0.2) is 34.7 Å². The van der Waals surface area contributed by atoms with Gasteiger partial charge in [0.25, 0.3) is 0 Å². The number of rotatable bonds is 6. The number of carbonyl (C=O) groups is 2. The van der Waals surface area contributed by atoms with Crippen LogP contribution in [0.4, 0.5) is 4.79 Å². The molecule has 0 aromatic heterocycles. The first-order chi connectivity index (χ1) is 15.1. The van der Waals surface area contributed by atoms with Gasteiger partial charge in [0, 0.05) is 12.1 Å². The van der Waals surface area contributed by atoms with Crippen molar-refractivity contribution in [2.45, 2.75) is 18.9 Å². The normalized spacial score (nSPS) is 13.5. The van der Waals surface area contributed by atoms with Crippen LogP contribution in [0.5, 0.6) is 0 Å². The molecule has 1 aliphatic rings. The van der Waals surface area contributed by atoms with E-state index in [1.807, 2.05) is 66.7 Å². The smallest absolute Gasteiger partial charge is 0.414 e. The third-order valence-electron chi connectivity index (χ3n) is 5.55. The van der Waals surface area contributed by atoms with E-state index in [0.29, 0.717) is 0 Å². The molecule has 1 atom stereocenters. The molecule has 1 aliphatic carbocycles. The Kier molecular flexibility index (Phi) is 5.85. The van der Waals surface area contributed by atoms with Crippen molar-refractivity contribution in [3.63, 3.8) is 0 Å². The zero-order chi connectivity index (χ0) is 21.8. The Labute approximate surface area is 181 Å². The van der Waals surface area contributed by atoms with Gasteiger partial charge in [-0.25, -0.2) is 9.59 Å². The van der Waals surface area contributed by atoms with Gasteiger partial charge in [0.05, 0.1) is 0 Å². The number of amides is 1. The van der Waals surface area contributed by atoms with Crippen molar-refractivity contribution >= 4 is 18.1 Å². The predicted octanol–water partition coefficient (Wildman–Crippen LogP) is 5.38. The number of benzene rings is 3. The molecule has 0 saturated heterocycles. The molecule has 0 saturated carbocycles. The van der Waals surface area contributed by atoms with E-state index in [0.717, 1.165) is 32.7 Å². The number of carboxylic acids is 1. The highest BCUT2D eigenvalue weighted by molar-refractivity contribution is 5.82. The molecule has 0 radical (unpaired) electrons. The minimum atomic E-state index is -1.11. The number of carbonyl (C=O) groups excluding carboxylic acids is 1. The van der Waals surface area contributed by atoms with Crippen LogP contribution in [-0.2, 0) is 9.53 Å². The molecular formula is C26H23NO4. The summed E-state index contributed by atoms with van der Waals surface area (Å²) in [6.45, 7) is 1.59. The maximum atomic E-state index is 12.9. The fraction of sp³-hybridized carbons (Fsp3) is 0.154. The number of carboxylic acid groups (broad SMARTS) is 1. The van der Waals surface area contributed by atoms with Gasteiger partial charge < -0.3 is 9.84 Å². The van der Waals surface area contributed by atoms with E-state index in [2.05, 4.69) is 12.1 Å². The second kappa shape index (κ2) is 8.88. The highest BCUT2D eigenvalue weighted by Gasteiger charge is 2.31. The molecule has 31 heavy (non-hydrogen) atoms. The van der Waals surface area contributed by atoms with E-state index >= 15 is 0 Å². The Morgan fingerprint density at radius 1 is 0.935 bits per heavy atom. The number of nitrogens with zero attached hydrogens (tertiary/aromatic N) is 1. The van der Waals surface area contributed by atoms with Gasteiger partial charge >= 0.3 is 12.1 Å². The van der Waals surface area contributed by atoms with Gasteiger partial charge in [0.2, 0.25) is 0 Å². The molecule has 0 spiro atoms. The van der Waals surface area contributed by atoms with E-state index in [-0.39, 0.29) is 12.5 Å². The minimum Gasteiger partial charge on any atom is -0.480 e. The van der Waals surface area contributed by atoms with Crippen LogP contribution >= 0.6 is 0 Å². The Balaban J connectivity index is 1.54. The first-order valence-electron chi connectivity index (χ1n) is 10.2. The Bertz CT molecular complexity index is 1080. The van der Waals surface area contributed by atoms with Crippen LogP contribution in [0.15, 0.2) is 85.1 Å². The molecule has 0 fully saturated rings. The van der Waals surface area contributed by atoms with Crippen molar-refractivity contribution in [2.75, 3.05) is 6.61 Å². The van der Waals surface area contributed by atoms with Gasteiger partial charge in [-0.2, -0.15) is 0 Å². The summed E-state index contributed by atoms with van der Waals surface area (Å²) in [7, 11) is 0. The van der Waals surface area contributed by atoms with Gasteiger partial charge in [-0.1, -0.05) is 78.9 Å². The first kappa shape index (κ1) is 20.4. The van der Waals surface area contributed by atoms with Crippen LogP contribution in [0, 0.1) is 0 Å². The molecule has 3 aromatic carbocycles. The van der Waals surface area contributed by atoms with Crippen LogP contribution in [0.25, 0.3) is 17.2 Å². The summed E-state index contributed by atoms with van der Waals surface area (Å²) in [5, 5.41) is 9.46. The molecule has 1 N–H and O–H groups in total. The molecule has 156 valence electrons. The van der Waals surface area contributed by atoms with E-state index in [1.165, 1.54) is 13.1 Å². The number of aliphatic carboxylic acids is 1. The van der Waals surface area contributed by atoms with Gasteiger partial charge in [-0.3, -0.25) is 4.90 Å². The van der Waals surface area contributed by atoms with Gasteiger partial charge in [0.15, 0.2) is 0 Å². The van der Waals surface area contributed by atoms with Crippen molar-refractivity contribution in [2.24, 2.45) is 0 Å². The molecule has 0 bridgehead atoms. The molecule has 0 aliphatic heterocycles. The van der Waals surface area contributed by atoms with Crippen LogP contribution in [0.2, 0.25) is 0 Å². The third-order valence-corrected chi connectivity index (χ3v) is 5.55. The summed E-state index contributed by atoms with van der Waals surface area (Å²) in [5.41, 5.74) is 5.35. The fourth-order valence-corrected chi connectivity index (χ4v) is 3.87. The second-order valence-corrected chi connectivity index (χ2v) is 7.45. The summed E-state index contributed by atoms with van der Waals surface area (Å²) in [6.07, 6.45) is 2.47. The van der Waals surface area contributed by atoms with Gasteiger partial charge in [0.1, 0.15) is 12.6 Å². The lowest BCUT2D eigenvalue weighted by atomic mass is 9.98. The minimum absolute atomic E-state index is 0.0866. The molecule has 5 heteroatoms. The van der Waals surface area contributed by atoms with Crippen molar-refractivity contribution in [1.29, 1.82) is 0 Å². The SMILES string of the molecule is C[C@H](C(=O)O)N(/C=C/c1ccccc1)C(=O)OCC1c2ccccc2-c2ccccc21. The molecule has 1 amide bonds. The third kappa shape index (κ3) is 4.21. The highest BCUT2D eigenvalue weighted by atomic mass is 16.6. The largest absolute Gasteiger partial charge is 0.480 e. The van der Waals surface area contributed by atoms with Crippen molar-refractivity contribution in [3.05, 3.63) is 102 Å². The summed E-state index contributed by atoms with van der Waals surface area (Å²) < 4.78 is 5.63. The highest BCUT2D eigenvalue weighted by Crippen LogP contribution is 2.44. The molecule has 0 heterocycles. The zero-order valence-corrected chi connectivity index (χ0v) is 17.1. The quantitative estimate of drug-likeness (QED) is 0.589. The van der Waals surface area contributed by atoms with E-state index in [9.17, 15) is 14.7 Å². The summed E-state index contributed by atoms with van der Waals surface area (Å²) in [5.74, 6) is -1.19. The first-order valence-corrected chi connectivity index (χ1v) is 10.2. The summed E-state index contributed by atoms with van der Waals surface area (Å²) in [4.78, 5) is 25.6. The van der Waals surface area contributed by atoms with Gasteiger partial charge in [-0.15, -0.1) is 0 Å². The van der Waals surface area contributed by atoms with Crippen molar-refractivity contribution in [1.82, 2.24) is 4.90 Å². The average molecular weight is 413 g/mol. The topological polar surface area (TPSA) is 66.8 Å². The predicted molar refractivity (Wildman–Crippen MR) is 119 cm³/mol. The van der Waals surface area contributed by atoms with Crippen molar-refractivity contribution in [3.8, 4) is 11.1 Å². The Morgan fingerprint density at radius 3 is 2.06 bits per heavy atom. The number of hydrogen-bond acceptors (Lipinski definition) is 3.